The molecule has 0 saturated carbocycles. The average molecular weight is 389 g/mol. The second kappa shape index (κ2) is 9.29. The van der Waals surface area contributed by atoms with Gasteiger partial charge in [0.25, 0.3) is 0 Å². The highest BCUT2D eigenvalue weighted by Crippen LogP contribution is 2.36. The maximum atomic E-state index is 12.9. The van der Waals surface area contributed by atoms with Crippen LogP contribution in [0.4, 0.5) is 0 Å². The largest absolute Gasteiger partial charge is 0.497 e. The van der Waals surface area contributed by atoms with Gasteiger partial charge in [0.05, 0.1) is 19.1 Å². The van der Waals surface area contributed by atoms with Gasteiger partial charge in [-0.25, -0.2) is 0 Å². The quantitative estimate of drug-likeness (QED) is 0.542. The lowest BCUT2D eigenvalue weighted by Crippen LogP contribution is -2.36. The van der Waals surface area contributed by atoms with E-state index in [9.17, 15) is 9.90 Å². The zero-order valence-corrected chi connectivity index (χ0v) is 17.3. The molecule has 0 aliphatic rings. The number of hydrogen-bond donors (Lipinski definition) is 1. The molecule has 4 nitrogen and oxygen atoms in total. The van der Waals surface area contributed by atoms with Crippen LogP contribution in [0.3, 0.4) is 0 Å². The molecular formula is C22H28O4S. The first-order valence-corrected chi connectivity index (χ1v) is 9.86. The maximum absolute atomic E-state index is 12.9. The molecule has 2 aromatic carbocycles. The molecule has 0 aliphatic carbocycles. The number of benzene rings is 2. The maximum Gasteiger partial charge on any atom is 0.313 e. The van der Waals surface area contributed by atoms with E-state index < -0.39 is 23.6 Å². The molecule has 146 valence electrons. The highest BCUT2D eigenvalue weighted by Gasteiger charge is 2.37. The van der Waals surface area contributed by atoms with Gasteiger partial charge in [0.15, 0.2) is 0 Å². The molecule has 1 N–H and O–H groups in total. The monoisotopic (exact) mass is 388 g/mol. The fourth-order valence-electron chi connectivity index (χ4n) is 2.74. The highest BCUT2D eigenvalue weighted by molar-refractivity contribution is 8.00. The first-order valence-electron chi connectivity index (χ1n) is 8.98. The summed E-state index contributed by atoms with van der Waals surface area (Å²) in [5.41, 5.74) is 0.0405. The van der Waals surface area contributed by atoms with Gasteiger partial charge < -0.3 is 14.6 Å². The third-order valence-corrected chi connectivity index (χ3v) is 5.26. The van der Waals surface area contributed by atoms with E-state index in [0.717, 1.165) is 4.90 Å². The Labute approximate surface area is 165 Å². The third-order valence-electron chi connectivity index (χ3n) is 4.05. The van der Waals surface area contributed by atoms with Gasteiger partial charge in [-0.1, -0.05) is 37.3 Å². The number of rotatable bonds is 7. The van der Waals surface area contributed by atoms with Gasteiger partial charge >= 0.3 is 5.97 Å². The van der Waals surface area contributed by atoms with Crippen molar-refractivity contribution < 1.29 is 19.4 Å². The van der Waals surface area contributed by atoms with Crippen LogP contribution >= 0.6 is 11.8 Å². The first-order chi connectivity index (χ1) is 12.7. The van der Waals surface area contributed by atoms with Crippen molar-refractivity contribution in [3.63, 3.8) is 0 Å². The number of thioether (sulfide) groups is 1. The van der Waals surface area contributed by atoms with Crippen molar-refractivity contribution in [2.45, 2.75) is 49.5 Å². The summed E-state index contributed by atoms with van der Waals surface area (Å²) in [6, 6.07) is 17.0. The molecule has 0 heterocycles. The minimum absolute atomic E-state index is 0.181. The Morgan fingerprint density at radius 2 is 1.63 bits per heavy atom. The molecule has 0 aliphatic heterocycles. The molecule has 0 radical (unpaired) electrons. The minimum atomic E-state index is -0.975. The van der Waals surface area contributed by atoms with Crippen molar-refractivity contribution in [3.05, 3.63) is 60.2 Å². The van der Waals surface area contributed by atoms with Crippen LogP contribution in [-0.2, 0) is 9.53 Å². The molecule has 0 spiro atoms. The molecule has 0 aromatic heterocycles. The smallest absolute Gasteiger partial charge is 0.313 e. The lowest BCUT2D eigenvalue weighted by Gasteiger charge is -2.30. The molecule has 0 bridgehead atoms. The van der Waals surface area contributed by atoms with E-state index in [-0.39, 0.29) is 5.25 Å². The van der Waals surface area contributed by atoms with Gasteiger partial charge in [-0.15, -0.1) is 11.8 Å². The summed E-state index contributed by atoms with van der Waals surface area (Å²) in [4.78, 5) is 14.0. The minimum Gasteiger partial charge on any atom is -0.497 e. The van der Waals surface area contributed by atoms with Crippen LogP contribution in [-0.4, -0.2) is 29.0 Å². The molecule has 27 heavy (non-hydrogen) atoms. The Hall–Kier alpha value is -1.98. The molecule has 5 heteroatoms. The summed E-state index contributed by atoms with van der Waals surface area (Å²) >= 11 is 1.55. The predicted molar refractivity (Wildman–Crippen MR) is 109 cm³/mol. The molecule has 0 amide bonds. The van der Waals surface area contributed by atoms with Crippen LogP contribution in [0.5, 0.6) is 5.75 Å². The number of carbonyl (C=O) groups is 1. The van der Waals surface area contributed by atoms with E-state index in [1.807, 2.05) is 58.0 Å². The van der Waals surface area contributed by atoms with Gasteiger partial charge in [-0.2, -0.15) is 0 Å². The number of methoxy groups -OCH3 is 1. The predicted octanol–water partition coefficient (Wildman–Crippen LogP) is 4.87. The van der Waals surface area contributed by atoms with E-state index in [1.54, 1.807) is 43.1 Å². The molecule has 3 atom stereocenters. The fourth-order valence-corrected chi connectivity index (χ4v) is 3.89. The van der Waals surface area contributed by atoms with Crippen molar-refractivity contribution >= 4 is 17.7 Å². The van der Waals surface area contributed by atoms with Crippen molar-refractivity contribution in [3.8, 4) is 5.75 Å². The van der Waals surface area contributed by atoms with E-state index in [2.05, 4.69) is 0 Å². The van der Waals surface area contributed by atoms with Crippen LogP contribution in [0.2, 0.25) is 0 Å². The Morgan fingerprint density at radius 1 is 1.04 bits per heavy atom. The first kappa shape index (κ1) is 21.3. The van der Waals surface area contributed by atoms with Crippen LogP contribution in [0.15, 0.2) is 59.5 Å². The zero-order chi connectivity index (χ0) is 20.0. The molecular weight excluding hydrogens is 360 g/mol. The van der Waals surface area contributed by atoms with E-state index >= 15 is 0 Å². The molecule has 2 aromatic rings. The van der Waals surface area contributed by atoms with Gasteiger partial charge in [-0.05, 0) is 50.6 Å². The number of hydrogen-bond acceptors (Lipinski definition) is 5. The van der Waals surface area contributed by atoms with E-state index in [1.165, 1.54) is 0 Å². The van der Waals surface area contributed by atoms with Crippen LogP contribution in [0, 0.1) is 5.92 Å². The Kier molecular flexibility index (Phi) is 7.33. The Morgan fingerprint density at radius 3 is 2.15 bits per heavy atom. The third kappa shape index (κ3) is 6.29. The summed E-state index contributed by atoms with van der Waals surface area (Å²) < 4.78 is 10.8. The van der Waals surface area contributed by atoms with Crippen LogP contribution in [0.1, 0.15) is 39.4 Å². The van der Waals surface area contributed by atoms with Crippen LogP contribution < -0.4 is 4.74 Å². The molecule has 2 rings (SSSR count). The summed E-state index contributed by atoms with van der Waals surface area (Å²) in [6.45, 7) is 7.43. The van der Waals surface area contributed by atoms with Crippen molar-refractivity contribution in [1.29, 1.82) is 0 Å². The summed E-state index contributed by atoms with van der Waals surface area (Å²) in [5.74, 6) is -0.406. The van der Waals surface area contributed by atoms with Gasteiger partial charge in [0.1, 0.15) is 11.4 Å². The van der Waals surface area contributed by atoms with Crippen molar-refractivity contribution in [2.24, 2.45) is 5.92 Å². The molecule has 0 unspecified atom stereocenters. The Bertz CT molecular complexity index is 722. The number of aliphatic hydroxyl groups excluding tert-OH is 1. The van der Waals surface area contributed by atoms with Crippen molar-refractivity contribution in [1.82, 2.24) is 0 Å². The number of ether oxygens (including phenoxy) is 2. The topological polar surface area (TPSA) is 55.8 Å². The Balaban J connectivity index is 2.28. The van der Waals surface area contributed by atoms with Gasteiger partial charge in [0.2, 0.25) is 0 Å². The second-order valence-electron chi connectivity index (χ2n) is 7.41. The van der Waals surface area contributed by atoms with E-state index in [0.29, 0.717) is 11.3 Å². The van der Waals surface area contributed by atoms with Crippen molar-refractivity contribution in [2.75, 3.05) is 7.11 Å². The van der Waals surface area contributed by atoms with E-state index in [4.69, 9.17) is 9.47 Å². The summed E-state index contributed by atoms with van der Waals surface area (Å²) in [6.07, 6.45) is -0.975. The lowest BCUT2D eigenvalue weighted by molar-refractivity contribution is -0.164. The second-order valence-corrected chi connectivity index (χ2v) is 8.86. The number of esters is 1. The fraction of sp³-hybridized carbons (Fsp3) is 0.409. The van der Waals surface area contributed by atoms with Gasteiger partial charge in [-0.3, -0.25) is 4.79 Å². The number of aliphatic hydroxyl groups is 1. The SMILES string of the molecule is COc1ccc([C@H](O)[C@@H](C(=O)OC(C)(C)C)[C@@H](C)Sc2ccccc2)cc1. The zero-order valence-electron chi connectivity index (χ0n) is 16.5. The summed E-state index contributed by atoms with van der Waals surface area (Å²) in [7, 11) is 1.59. The number of carbonyl (C=O) groups excluding carboxylic acids is 1. The normalized spacial score (nSPS) is 14.9. The summed E-state index contributed by atoms with van der Waals surface area (Å²) in [5, 5.41) is 10.8. The van der Waals surface area contributed by atoms with Gasteiger partial charge in [0, 0.05) is 10.1 Å². The highest BCUT2D eigenvalue weighted by atomic mass is 32.2. The molecule has 0 saturated heterocycles. The lowest BCUT2D eigenvalue weighted by atomic mass is 9.92. The average Bonchev–Trinajstić information content (AvgIpc) is 2.61. The standard InChI is InChI=1S/C22H28O4S/c1-15(27-18-9-7-6-8-10-18)19(21(24)26-22(2,3)4)20(23)16-11-13-17(25-5)14-12-16/h6-15,19-20,23H,1-5H3/t15-,19+,20+/m1/s1. The molecule has 0 fully saturated rings. The van der Waals surface area contributed by atoms with Crippen LogP contribution in [0.25, 0.3) is 0 Å².